The third-order valence-corrected chi connectivity index (χ3v) is 5.43. The number of ether oxygens (including phenoxy) is 2. The molecule has 0 bridgehead atoms. The van der Waals surface area contributed by atoms with Crippen LogP contribution in [0.4, 0.5) is 5.69 Å². The van der Waals surface area contributed by atoms with E-state index >= 15 is 0 Å². The molecule has 2 rings (SSSR count). The Balaban J connectivity index is 0.00000288. The molecule has 0 radical (unpaired) electrons. The molecule has 1 aromatic carbocycles. The molecular weight excluding hydrogens is 377 g/mol. The van der Waals surface area contributed by atoms with E-state index in [4.69, 9.17) is 26.8 Å². The Morgan fingerprint density at radius 3 is 2.67 bits per heavy atom. The summed E-state index contributed by atoms with van der Waals surface area (Å²) in [5, 5.41) is 0.180. The number of anilines is 1. The van der Waals surface area contributed by atoms with Crippen LogP contribution in [-0.2, 0) is 14.8 Å². The van der Waals surface area contributed by atoms with Crippen molar-refractivity contribution in [3.63, 3.8) is 0 Å². The van der Waals surface area contributed by atoms with Crippen LogP contribution in [0.3, 0.4) is 0 Å². The first-order valence-corrected chi connectivity index (χ1v) is 9.23. The second-order valence-electron chi connectivity index (χ2n) is 5.23. The minimum atomic E-state index is -3.70. The number of methoxy groups -OCH3 is 1. The smallest absolute Gasteiger partial charge is 0.244 e. The van der Waals surface area contributed by atoms with Crippen molar-refractivity contribution in [1.29, 1.82) is 0 Å². The Labute approximate surface area is 153 Å². The van der Waals surface area contributed by atoms with Gasteiger partial charge in [-0.15, -0.1) is 12.4 Å². The average Bonchev–Trinajstić information content (AvgIpc) is 2.54. The van der Waals surface area contributed by atoms with Crippen molar-refractivity contribution in [3.05, 3.63) is 17.2 Å². The Bertz CT molecular complexity index is 637. The lowest BCUT2D eigenvalue weighted by atomic mass is 10.3. The van der Waals surface area contributed by atoms with Crippen LogP contribution in [0.2, 0.25) is 5.02 Å². The number of halogens is 2. The summed E-state index contributed by atoms with van der Waals surface area (Å²) in [7, 11) is -2.31. The second kappa shape index (κ2) is 9.65. The van der Waals surface area contributed by atoms with Gasteiger partial charge in [0.25, 0.3) is 0 Å². The van der Waals surface area contributed by atoms with E-state index in [1.165, 1.54) is 19.2 Å². The quantitative estimate of drug-likeness (QED) is 0.530. The standard InChI is InChI=1S/C14H22ClN3O4S.ClH/c1-21-13-10-12(16)11(15)9-14(13)23(19,20)17-3-2-4-18-5-7-22-8-6-18;/h9-10,17H,2-8,16H2,1H3;1H. The lowest BCUT2D eigenvalue weighted by molar-refractivity contribution is 0.0376. The predicted octanol–water partition coefficient (Wildman–Crippen LogP) is 1.35. The average molecular weight is 400 g/mol. The predicted molar refractivity (Wildman–Crippen MR) is 96.7 cm³/mol. The molecule has 10 heteroatoms. The maximum Gasteiger partial charge on any atom is 0.244 e. The molecule has 7 nitrogen and oxygen atoms in total. The van der Waals surface area contributed by atoms with Crippen molar-refractivity contribution >= 4 is 39.7 Å². The molecular formula is C14H23Cl2N3O4S. The van der Waals surface area contributed by atoms with Gasteiger partial charge in [-0.2, -0.15) is 0 Å². The number of sulfonamides is 1. The number of hydrogen-bond donors (Lipinski definition) is 2. The van der Waals surface area contributed by atoms with E-state index in [0.717, 1.165) is 32.8 Å². The third kappa shape index (κ3) is 5.65. The van der Waals surface area contributed by atoms with Gasteiger partial charge in [0.2, 0.25) is 10.0 Å². The zero-order valence-corrected chi connectivity index (χ0v) is 15.8. The van der Waals surface area contributed by atoms with Crippen LogP contribution in [0.25, 0.3) is 0 Å². The summed E-state index contributed by atoms with van der Waals surface area (Å²) in [5.74, 6) is 0.174. The molecule has 0 spiro atoms. The maximum absolute atomic E-state index is 12.4. The van der Waals surface area contributed by atoms with Crippen LogP contribution >= 0.6 is 24.0 Å². The van der Waals surface area contributed by atoms with Gasteiger partial charge >= 0.3 is 0 Å². The van der Waals surface area contributed by atoms with Crippen molar-refractivity contribution in [2.75, 3.05) is 52.2 Å². The fourth-order valence-electron chi connectivity index (χ4n) is 2.33. The number of rotatable bonds is 7. The van der Waals surface area contributed by atoms with Crippen molar-refractivity contribution in [2.24, 2.45) is 0 Å². The van der Waals surface area contributed by atoms with Gasteiger partial charge in [0, 0.05) is 25.7 Å². The number of nitrogens with two attached hydrogens (primary N) is 1. The first-order chi connectivity index (χ1) is 10.9. The fraction of sp³-hybridized carbons (Fsp3) is 0.571. The van der Waals surface area contributed by atoms with E-state index in [2.05, 4.69) is 9.62 Å². The topological polar surface area (TPSA) is 93.9 Å². The summed E-state index contributed by atoms with van der Waals surface area (Å²) >= 11 is 5.92. The molecule has 138 valence electrons. The molecule has 1 saturated heterocycles. The number of hydrogen-bond acceptors (Lipinski definition) is 6. The minimum absolute atomic E-state index is 0. The van der Waals surface area contributed by atoms with Crippen LogP contribution < -0.4 is 15.2 Å². The van der Waals surface area contributed by atoms with Crippen molar-refractivity contribution in [3.8, 4) is 5.75 Å². The van der Waals surface area contributed by atoms with E-state index < -0.39 is 10.0 Å². The van der Waals surface area contributed by atoms with E-state index in [1.807, 2.05) is 0 Å². The Morgan fingerprint density at radius 1 is 1.38 bits per heavy atom. The summed E-state index contributed by atoms with van der Waals surface area (Å²) in [6.45, 7) is 4.39. The molecule has 0 saturated carbocycles. The van der Waals surface area contributed by atoms with Crippen LogP contribution in [0.1, 0.15) is 6.42 Å². The molecule has 1 aromatic rings. The first kappa shape index (κ1) is 21.3. The van der Waals surface area contributed by atoms with Gasteiger partial charge in [0.1, 0.15) is 10.6 Å². The molecule has 0 aliphatic carbocycles. The van der Waals surface area contributed by atoms with E-state index in [-0.39, 0.29) is 33.8 Å². The number of nitrogen functional groups attached to an aromatic ring is 1. The van der Waals surface area contributed by atoms with Crippen LogP contribution in [0, 0.1) is 0 Å². The maximum atomic E-state index is 12.4. The largest absolute Gasteiger partial charge is 0.495 e. The molecule has 0 unspecified atom stereocenters. The number of nitrogens with zero attached hydrogens (tertiary/aromatic N) is 1. The molecule has 1 heterocycles. The summed E-state index contributed by atoms with van der Waals surface area (Å²) in [5.41, 5.74) is 5.94. The van der Waals surface area contributed by atoms with E-state index in [0.29, 0.717) is 13.0 Å². The Hall–Kier alpha value is -0.770. The summed E-state index contributed by atoms with van der Waals surface area (Å²) in [6.07, 6.45) is 0.713. The zero-order chi connectivity index (χ0) is 16.9. The lowest BCUT2D eigenvalue weighted by Crippen LogP contribution is -2.38. The highest BCUT2D eigenvalue weighted by molar-refractivity contribution is 7.89. The summed E-state index contributed by atoms with van der Waals surface area (Å²) in [4.78, 5) is 2.24. The van der Waals surface area contributed by atoms with E-state index in [9.17, 15) is 8.42 Å². The van der Waals surface area contributed by atoms with Gasteiger partial charge in [-0.25, -0.2) is 13.1 Å². The molecule has 0 aromatic heterocycles. The first-order valence-electron chi connectivity index (χ1n) is 7.37. The molecule has 3 N–H and O–H groups in total. The molecule has 0 atom stereocenters. The SMILES string of the molecule is COc1cc(N)c(Cl)cc1S(=O)(=O)NCCCN1CCOCC1.Cl. The Kier molecular flexibility index (Phi) is 8.55. The van der Waals surface area contributed by atoms with Crippen molar-refractivity contribution < 1.29 is 17.9 Å². The number of benzene rings is 1. The van der Waals surface area contributed by atoms with Crippen molar-refractivity contribution in [2.45, 2.75) is 11.3 Å². The molecule has 0 amide bonds. The molecule has 1 aliphatic rings. The highest BCUT2D eigenvalue weighted by Crippen LogP contribution is 2.31. The monoisotopic (exact) mass is 399 g/mol. The Morgan fingerprint density at radius 2 is 2.04 bits per heavy atom. The minimum Gasteiger partial charge on any atom is -0.495 e. The highest BCUT2D eigenvalue weighted by atomic mass is 35.5. The van der Waals surface area contributed by atoms with Gasteiger partial charge in [-0.3, -0.25) is 4.90 Å². The normalized spacial score (nSPS) is 15.8. The third-order valence-electron chi connectivity index (χ3n) is 3.62. The van der Waals surface area contributed by atoms with Gasteiger partial charge < -0.3 is 15.2 Å². The molecule has 24 heavy (non-hydrogen) atoms. The molecule has 1 fully saturated rings. The summed E-state index contributed by atoms with van der Waals surface area (Å²) < 4.78 is 37.7. The number of morpholine rings is 1. The van der Waals surface area contributed by atoms with Gasteiger partial charge in [-0.1, -0.05) is 11.6 Å². The van der Waals surface area contributed by atoms with Gasteiger partial charge in [-0.05, 0) is 19.0 Å². The number of nitrogens with one attached hydrogen (secondary N) is 1. The van der Waals surface area contributed by atoms with Crippen LogP contribution in [0.5, 0.6) is 5.75 Å². The van der Waals surface area contributed by atoms with Gasteiger partial charge in [0.05, 0.1) is 31.0 Å². The zero-order valence-electron chi connectivity index (χ0n) is 13.5. The molecule has 1 aliphatic heterocycles. The lowest BCUT2D eigenvalue weighted by Gasteiger charge is -2.26. The fourth-order valence-corrected chi connectivity index (χ4v) is 3.81. The van der Waals surface area contributed by atoms with E-state index in [1.54, 1.807) is 0 Å². The van der Waals surface area contributed by atoms with Gasteiger partial charge in [0.15, 0.2) is 0 Å². The van der Waals surface area contributed by atoms with Crippen LogP contribution in [-0.4, -0.2) is 59.8 Å². The summed E-state index contributed by atoms with van der Waals surface area (Å²) in [6, 6.07) is 2.71. The van der Waals surface area contributed by atoms with Crippen molar-refractivity contribution in [1.82, 2.24) is 9.62 Å². The van der Waals surface area contributed by atoms with Crippen LogP contribution in [0.15, 0.2) is 17.0 Å². The highest BCUT2D eigenvalue weighted by Gasteiger charge is 2.21. The second-order valence-corrected chi connectivity index (χ2v) is 7.37.